The number of unbranched alkanes of at least 4 members (excludes halogenated alkanes) is 1. The molecule has 0 aromatic heterocycles. The molecule has 0 heterocycles. The smallest absolute Gasteiger partial charge is 0.302 e. The second kappa shape index (κ2) is 10.6. The molecule has 0 aromatic rings. The molecule has 0 radical (unpaired) electrons. The van der Waals surface area contributed by atoms with Gasteiger partial charge in [0.2, 0.25) is 5.91 Å². The molecule has 0 aliphatic carbocycles. The zero-order chi connectivity index (χ0) is 14.7. The Morgan fingerprint density at radius 1 is 1.11 bits per heavy atom. The van der Waals surface area contributed by atoms with Crippen molar-refractivity contribution in [2.45, 2.75) is 53.4 Å². The van der Waals surface area contributed by atoms with Gasteiger partial charge in [0, 0.05) is 26.9 Å². The molecule has 0 atom stereocenters. The van der Waals surface area contributed by atoms with Crippen LogP contribution in [0.3, 0.4) is 0 Å². The molecular weight excluding hydrogens is 242 g/mol. The maximum atomic E-state index is 11.4. The number of rotatable bonds is 9. The Morgan fingerprint density at radius 3 is 2.26 bits per heavy atom. The molecule has 0 bridgehead atoms. The van der Waals surface area contributed by atoms with Gasteiger partial charge in [-0.05, 0) is 32.3 Å². The quantitative estimate of drug-likeness (QED) is 0.477. The molecule has 0 saturated heterocycles. The zero-order valence-electron chi connectivity index (χ0n) is 12.7. The predicted molar refractivity (Wildman–Crippen MR) is 76.8 cm³/mol. The summed E-state index contributed by atoms with van der Waals surface area (Å²) in [6.07, 6.45) is 5.96. The van der Waals surface area contributed by atoms with Crippen molar-refractivity contribution >= 4 is 11.9 Å². The van der Waals surface area contributed by atoms with Gasteiger partial charge in [-0.3, -0.25) is 9.59 Å². The minimum absolute atomic E-state index is 0.148. The highest BCUT2D eigenvalue weighted by molar-refractivity contribution is 5.73. The largest absolute Gasteiger partial charge is 0.462 e. The minimum atomic E-state index is -0.258. The molecule has 0 unspecified atom stereocenters. The first-order valence-electron chi connectivity index (χ1n) is 7.01. The van der Waals surface area contributed by atoms with Crippen molar-refractivity contribution in [2.24, 2.45) is 0 Å². The average molecular weight is 269 g/mol. The van der Waals surface area contributed by atoms with Crippen molar-refractivity contribution in [3.63, 3.8) is 0 Å². The average Bonchev–Trinajstić information content (AvgIpc) is 2.32. The third-order valence-corrected chi connectivity index (χ3v) is 2.94. The van der Waals surface area contributed by atoms with E-state index < -0.39 is 0 Å². The molecule has 4 heteroatoms. The van der Waals surface area contributed by atoms with E-state index in [0.717, 1.165) is 38.8 Å². The predicted octanol–water partition coefficient (Wildman–Crippen LogP) is 2.92. The Bertz CT molecular complexity index is 311. The molecule has 1 amide bonds. The van der Waals surface area contributed by atoms with Crippen LogP contribution in [0, 0.1) is 0 Å². The zero-order valence-corrected chi connectivity index (χ0v) is 12.7. The van der Waals surface area contributed by atoms with E-state index in [2.05, 4.69) is 6.92 Å². The van der Waals surface area contributed by atoms with Gasteiger partial charge in [-0.1, -0.05) is 18.9 Å². The lowest BCUT2D eigenvalue weighted by Gasteiger charge is -2.20. The molecule has 0 aliphatic rings. The maximum Gasteiger partial charge on any atom is 0.302 e. The number of hydrogen-bond donors (Lipinski definition) is 0. The van der Waals surface area contributed by atoms with E-state index in [1.54, 1.807) is 6.92 Å². The van der Waals surface area contributed by atoms with Gasteiger partial charge in [0.15, 0.2) is 0 Å². The van der Waals surface area contributed by atoms with E-state index in [9.17, 15) is 9.59 Å². The van der Waals surface area contributed by atoms with E-state index in [0.29, 0.717) is 6.61 Å². The van der Waals surface area contributed by atoms with E-state index in [1.165, 1.54) is 12.5 Å². The summed E-state index contributed by atoms with van der Waals surface area (Å²) in [6.45, 7) is 9.16. The number of allylic oxidation sites excluding steroid dienone is 1. The SMILES string of the molecule is CCCCN(CCC/C(C)=C/COC(C)=O)C(C)=O. The number of ether oxygens (including phenoxy) is 1. The van der Waals surface area contributed by atoms with Crippen LogP contribution in [0.1, 0.15) is 53.4 Å². The molecule has 0 saturated carbocycles. The van der Waals surface area contributed by atoms with Gasteiger partial charge < -0.3 is 9.64 Å². The first-order valence-corrected chi connectivity index (χ1v) is 7.01. The van der Waals surface area contributed by atoms with Crippen LogP contribution in [0.4, 0.5) is 0 Å². The van der Waals surface area contributed by atoms with Crippen LogP contribution in [-0.2, 0) is 14.3 Å². The van der Waals surface area contributed by atoms with Crippen molar-refractivity contribution in [3.05, 3.63) is 11.6 Å². The highest BCUT2D eigenvalue weighted by Gasteiger charge is 2.07. The molecule has 19 heavy (non-hydrogen) atoms. The van der Waals surface area contributed by atoms with Crippen molar-refractivity contribution in [3.8, 4) is 0 Å². The van der Waals surface area contributed by atoms with Crippen LogP contribution in [0.5, 0.6) is 0 Å². The fraction of sp³-hybridized carbons (Fsp3) is 0.733. The van der Waals surface area contributed by atoms with Crippen LogP contribution in [-0.4, -0.2) is 36.5 Å². The Kier molecular flexibility index (Phi) is 9.85. The van der Waals surface area contributed by atoms with Crippen molar-refractivity contribution in [2.75, 3.05) is 19.7 Å². The molecule has 0 aromatic carbocycles. The fourth-order valence-electron chi connectivity index (χ4n) is 1.73. The van der Waals surface area contributed by atoms with E-state index in [1.807, 2.05) is 17.9 Å². The summed E-state index contributed by atoms with van der Waals surface area (Å²) < 4.78 is 4.85. The Labute approximate surface area is 116 Å². The van der Waals surface area contributed by atoms with Gasteiger partial charge in [0.05, 0.1) is 0 Å². The lowest BCUT2D eigenvalue weighted by Crippen LogP contribution is -2.30. The van der Waals surface area contributed by atoms with E-state index in [-0.39, 0.29) is 11.9 Å². The summed E-state index contributed by atoms with van der Waals surface area (Å²) in [6, 6.07) is 0. The Morgan fingerprint density at radius 2 is 1.74 bits per heavy atom. The second-order valence-electron chi connectivity index (χ2n) is 4.82. The van der Waals surface area contributed by atoms with Gasteiger partial charge in [0.1, 0.15) is 6.61 Å². The monoisotopic (exact) mass is 269 g/mol. The van der Waals surface area contributed by atoms with Crippen molar-refractivity contribution < 1.29 is 14.3 Å². The number of carbonyl (C=O) groups is 2. The van der Waals surface area contributed by atoms with Gasteiger partial charge >= 0.3 is 5.97 Å². The summed E-state index contributed by atoms with van der Waals surface area (Å²) in [5.74, 6) is -0.110. The lowest BCUT2D eigenvalue weighted by atomic mass is 10.1. The third kappa shape index (κ3) is 10.3. The molecule has 0 spiro atoms. The lowest BCUT2D eigenvalue weighted by molar-refractivity contribution is -0.139. The summed E-state index contributed by atoms with van der Waals surface area (Å²) in [7, 11) is 0. The number of hydrogen-bond acceptors (Lipinski definition) is 3. The third-order valence-electron chi connectivity index (χ3n) is 2.94. The van der Waals surface area contributed by atoms with E-state index in [4.69, 9.17) is 4.74 Å². The van der Waals surface area contributed by atoms with Gasteiger partial charge in [-0.25, -0.2) is 0 Å². The van der Waals surface area contributed by atoms with Gasteiger partial charge in [-0.2, -0.15) is 0 Å². The molecule has 110 valence electrons. The summed E-state index contributed by atoms with van der Waals surface area (Å²) >= 11 is 0. The summed E-state index contributed by atoms with van der Waals surface area (Å²) in [5.41, 5.74) is 1.19. The molecule has 0 rings (SSSR count). The second-order valence-corrected chi connectivity index (χ2v) is 4.82. The molecular formula is C15H27NO3. The van der Waals surface area contributed by atoms with Crippen LogP contribution < -0.4 is 0 Å². The first-order chi connectivity index (χ1) is 8.97. The number of esters is 1. The first kappa shape index (κ1) is 17.7. The van der Waals surface area contributed by atoms with Crippen molar-refractivity contribution in [1.82, 2.24) is 4.90 Å². The van der Waals surface area contributed by atoms with E-state index >= 15 is 0 Å². The standard InChI is InChI=1S/C15H27NO3/c1-5-6-10-16(14(3)17)11-7-8-13(2)9-12-19-15(4)18/h9H,5-8,10-12H2,1-4H3/b13-9+. The van der Waals surface area contributed by atoms with Crippen molar-refractivity contribution in [1.29, 1.82) is 0 Å². The summed E-state index contributed by atoms with van der Waals surface area (Å²) in [4.78, 5) is 23.9. The molecule has 0 aliphatic heterocycles. The van der Waals surface area contributed by atoms with Crippen LogP contribution in [0.2, 0.25) is 0 Å². The van der Waals surface area contributed by atoms with Crippen LogP contribution >= 0.6 is 0 Å². The number of nitrogens with zero attached hydrogens (tertiary/aromatic N) is 1. The molecule has 0 N–H and O–H groups in total. The van der Waals surface area contributed by atoms with Crippen LogP contribution in [0.15, 0.2) is 11.6 Å². The Hall–Kier alpha value is -1.32. The van der Waals surface area contributed by atoms with Crippen LogP contribution in [0.25, 0.3) is 0 Å². The summed E-state index contributed by atoms with van der Waals surface area (Å²) in [5, 5.41) is 0. The Balaban J connectivity index is 3.90. The van der Waals surface area contributed by atoms with Gasteiger partial charge in [-0.15, -0.1) is 0 Å². The topological polar surface area (TPSA) is 46.6 Å². The molecule has 4 nitrogen and oxygen atoms in total. The minimum Gasteiger partial charge on any atom is -0.462 e. The normalized spacial score (nSPS) is 11.3. The number of carbonyl (C=O) groups excluding carboxylic acids is 2. The maximum absolute atomic E-state index is 11.4. The highest BCUT2D eigenvalue weighted by Crippen LogP contribution is 2.06. The highest BCUT2D eigenvalue weighted by atomic mass is 16.5. The number of amides is 1. The van der Waals surface area contributed by atoms with Gasteiger partial charge in [0.25, 0.3) is 0 Å². The fourth-order valence-corrected chi connectivity index (χ4v) is 1.73. The molecule has 0 fully saturated rings.